The van der Waals surface area contributed by atoms with Gasteiger partial charge in [-0.1, -0.05) is 12.1 Å². The van der Waals surface area contributed by atoms with E-state index < -0.39 is 6.61 Å². The van der Waals surface area contributed by atoms with Gasteiger partial charge >= 0.3 is 6.61 Å². The van der Waals surface area contributed by atoms with Crippen molar-refractivity contribution in [2.75, 3.05) is 19.7 Å². The minimum absolute atomic E-state index is 0. The molecule has 3 N–H and O–H groups in total. The SMILES string of the molecule is CCNC(=NCc1cccc(OCC)c1OC(F)F)NCCC(=O)NC(C)C.I. The van der Waals surface area contributed by atoms with E-state index in [0.717, 1.165) is 0 Å². The lowest BCUT2D eigenvalue weighted by Crippen LogP contribution is -2.40. The molecule has 1 amide bonds. The maximum Gasteiger partial charge on any atom is 0.387 e. The second-order valence-electron chi connectivity index (χ2n) is 6.15. The number of amides is 1. The Bertz CT molecular complexity index is 646. The number of alkyl halides is 2. The molecule has 1 aromatic carbocycles. The van der Waals surface area contributed by atoms with Crippen LogP contribution in [0.4, 0.5) is 8.78 Å². The van der Waals surface area contributed by atoms with E-state index >= 15 is 0 Å². The highest BCUT2D eigenvalue weighted by molar-refractivity contribution is 14.0. The predicted octanol–water partition coefficient (Wildman–Crippen LogP) is 3.27. The number of rotatable bonds is 11. The molecule has 1 rings (SSSR count). The smallest absolute Gasteiger partial charge is 0.387 e. The van der Waals surface area contributed by atoms with Gasteiger partial charge in [0.05, 0.1) is 13.2 Å². The van der Waals surface area contributed by atoms with Crippen LogP contribution in [0.2, 0.25) is 0 Å². The third kappa shape index (κ3) is 11.1. The summed E-state index contributed by atoms with van der Waals surface area (Å²) < 4.78 is 35.6. The second kappa shape index (κ2) is 15.1. The summed E-state index contributed by atoms with van der Waals surface area (Å²) in [6.07, 6.45) is 0.294. The van der Waals surface area contributed by atoms with Gasteiger partial charge in [0, 0.05) is 31.1 Å². The van der Waals surface area contributed by atoms with E-state index in [9.17, 15) is 13.6 Å². The number of ether oxygens (including phenoxy) is 2. The van der Waals surface area contributed by atoms with E-state index in [1.807, 2.05) is 20.8 Å². The average Bonchev–Trinajstić information content (AvgIpc) is 2.61. The van der Waals surface area contributed by atoms with E-state index in [1.165, 1.54) is 0 Å². The van der Waals surface area contributed by atoms with Crippen LogP contribution < -0.4 is 25.4 Å². The fraction of sp³-hybridized carbons (Fsp3) is 0.579. The van der Waals surface area contributed by atoms with Crippen molar-refractivity contribution in [2.45, 2.75) is 53.3 Å². The zero-order chi connectivity index (χ0) is 20.9. The van der Waals surface area contributed by atoms with Crippen molar-refractivity contribution >= 4 is 35.8 Å². The summed E-state index contributed by atoms with van der Waals surface area (Å²) in [5.74, 6) is 0.647. The Morgan fingerprint density at radius 3 is 2.52 bits per heavy atom. The highest BCUT2D eigenvalue weighted by Crippen LogP contribution is 2.33. The Morgan fingerprint density at radius 1 is 1.21 bits per heavy atom. The summed E-state index contributed by atoms with van der Waals surface area (Å²) in [6.45, 7) is 5.94. The van der Waals surface area contributed by atoms with E-state index in [4.69, 9.17) is 4.74 Å². The van der Waals surface area contributed by atoms with Gasteiger partial charge in [0.2, 0.25) is 5.91 Å². The molecule has 0 heterocycles. The summed E-state index contributed by atoms with van der Waals surface area (Å²) in [4.78, 5) is 16.1. The van der Waals surface area contributed by atoms with Crippen molar-refractivity contribution in [3.05, 3.63) is 23.8 Å². The molecule has 29 heavy (non-hydrogen) atoms. The average molecular weight is 528 g/mol. The Morgan fingerprint density at radius 2 is 1.93 bits per heavy atom. The van der Waals surface area contributed by atoms with Crippen LogP contribution in [0.1, 0.15) is 39.7 Å². The van der Waals surface area contributed by atoms with E-state index in [0.29, 0.717) is 37.6 Å². The second-order valence-corrected chi connectivity index (χ2v) is 6.15. The summed E-state index contributed by atoms with van der Waals surface area (Å²) in [5, 5.41) is 8.92. The Hall–Kier alpha value is -1.85. The Balaban J connectivity index is 0.00000784. The van der Waals surface area contributed by atoms with E-state index in [-0.39, 0.29) is 54.0 Å². The summed E-state index contributed by atoms with van der Waals surface area (Å²) >= 11 is 0. The number of carbonyl (C=O) groups is 1. The molecule has 1 aromatic rings. The first-order valence-electron chi connectivity index (χ1n) is 9.38. The standard InChI is InChI=1S/C19H30F2N4O3.HI/c1-5-22-19(23-11-10-16(26)25-13(3)4)24-12-14-8-7-9-15(27-6-2)17(14)28-18(20)21;/h7-9,13,18H,5-6,10-12H2,1-4H3,(H,25,26)(H2,22,23,24);1H. The van der Waals surface area contributed by atoms with Crippen molar-refractivity contribution in [2.24, 2.45) is 4.99 Å². The van der Waals surface area contributed by atoms with Gasteiger partial charge in [-0.15, -0.1) is 24.0 Å². The van der Waals surface area contributed by atoms with Gasteiger partial charge in [0.25, 0.3) is 0 Å². The molecule has 0 saturated carbocycles. The van der Waals surface area contributed by atoms with Crippen LogP contribution in [0, 0.1) is 0 Å². The number of nitrogens with one attached hydrogen (secondary N) is 3. The van der Waals surface area contributed by atoms with Crippen LogP contribution in [-0.2, 0) is 11.3 Å². The molecule has 0 unspecified atom stereocenters. The molecular weight excluding hydrogens is 497 g/mol. The van der Waals surface area contributed by atoms with Crippen LogP contribution in [-0.4, -0.2) is 44.2 Å². The topological polar surface area (TPSA) is 84.0 Å². The lowest BCUT2D eigenvalue weighted by Gasteiger charge is -2.15. The van der Waals surface area contributed by atoms with Gasteiger partial charge < -0.3 is 25.4 Å². The molecule has 10 heteroatoms. The lowest BCUT2D eigenvalue weighted by molar-refractivity contribution is -0.121. The Kier molecular flexibility index (Phi) is 14.1. The number of aliphatic imine (C=N–C) groups is 1. The fourth-order valence-electron chi connectivity index (χ4n) is 2.37. The highest BCUT2D eigenvalue weighted by Gasteiger charge is 2.15. The molecule has 0 saturated heterocycles. The number of hydrogen-bond donors (Lipinski definition) is 3. The molecule has 0 aliphatic rings. The highest BCUT2D eigenvalue weighted by atomic mass is 127. The first-order valence-corrected chi connectivity index (χ1v) is 9.38. The van der Waals surface area contributed by atoms with E-state index in [2.05, 4.69) is 25.7 Å². The van der Waals surface area contributed by atoms with Gasteiger partial charge in [0.15, 0.2) is 17.5 Å². The van der Waals surface area contributed by atoms with Crippen molar-refractivity contribution in [1.82, 2.24) is 16.0 Å². The zero-order valence-corrected chi connectivity index (χ0v) is 19.6. The maximum absolute atomic E-state index is 12.8. The molecule has 166 valence electrons. The number of para-hydroxylation sites is 1. The molecule has 0 radical (unpaired) electrons. The quantitative estimate of drug-likeness (QED) is 0.233. The number of benzene rings is 1. The van der Waals surface area contributed by atoms with E-state index in [1.54, 1.807) is 25.1 Å². The normalized spacial score (nSPS) is 11.1. The van der Waals surface area contributed by atoms with Crippen molar-refractivity contribution in [1.29, 1.82) is 0 Å². The number of nitrogens with zero attached hydrogens (tertiary/aromatic N) is 1. The molecular formula is C19H31F2IN4O3. The van der Waals surface area contributed by atoms with Crippen LogP contribution in [0.3, 0.4) is 0 Å². The minimum Gasteiger partial charge on any atom is -0.490 e. The summed E-state index contributed by atoms with van der Waals surface area (Å²) in [6, 6.07) is 5.01. The molecule has 0 aliphatic heterocycles. The largest absolute Gasteiger partial charge is 0.490 e. The van der Waals surface area contributed by atoms with Gasteiger partial charge in [-0.25, -0.2) is 4.99 Å². The summed E-state index contributed by atoms with van der Waals surface area (Å²) in [7, 11) is 0. The number of carbonyl (C=O) groups excluding carboxylic acids is 1. The number of halogens is 3. The van der Waals surface area contributed by atoms with Crippen LogP contribution >= 0.6 is 24.0 Å². The van der Waals surface area contributed by atoms with Crippen LogP contribution in [0.25, 0.3) is 0 Å². The maximum atomic E-state index is 12.8. The fourth-order valence-corrected chi connectivity index (χ4v) is 2.37. The predicted molar refractivity (Wildman–Crippen MR) is 120 cm³/mol. The zero-order valence-electron chi connectivity index (χ0n) is 17.3. The first-order chi connectivity index (χ1) is 13.4. The molecule has 0 bridgehead atoms. The van der Waals surface area contributed by atoms with Gasteiger partial charge in [-0.05, 0) is 33.8 Å². The number of guanidine groups is 1. The molecule has 0 atom stereocenters. The molecule has 0 aliphatic carbocycles. The molecule has 0 spiro atoms. The summed E-state index contributed by atoms with van der Waals surface area (Å²) in [5.41, 5.74) is 0.473. The minimum atomic E-state index is -2.96. The lowest BCUT2D eigenvalue weighted by atomic mass is 10.2. The number of hydrogen-bond acceptors (Lipinski definition) is 4. The first kappa shape index (κ1) is 27.1. The third-order valence-corrected chi connectivity index (χ3v) is 3.41. The third-order valence-electron chi connectivity index (χ3n) is 3.41. The van der Waals surface area contributed by atoms with Crippen molar-refractivity contribution < 1.29 is 23.0 Å². The van der Waals surface area contributed by atoms with Crippen molar-refractivity contribution in [3.8, 4) is 11.5 Å². The molecule has 7 nitrogen and oxygen atoms in total. The molecule has 0 aromatic heterocycles. The Labute approximate surface area is 188 Å². The van der Waals surface area contributed by atoms with Crippen LogP contribution in [0.15, 0.2) is 23.2 Å². The van der Waals surface area contributed by atoms with Crippen molar-refractivity contribution in [3.63, 3.8) is 0 Å². The van der Waals surface area contributed by atoms with Crippen LogP contribution in [0.5, 0.6) is 11.5 Å². The van der Waals surface area contributed by atoms with Gasteiger partial charge in [0.1, 0.15) is 0 Å². The molecule has 0 fully saturated rings. The van der Waals surface area contributed by atoms with Gasteiger partial charge in [-0.3, -0.25) is 4.79 Å². The monoisotopic (exact) mass is 528 g/mol. The van der Waals surface area contributed by atoms with Gasteiger partial charge in [-0.2, -0.15) is 8.78 Å².